The Hall–Kier alpha value is -1.16. The summed E-state index contributed by atoms with van der Waals surface area (Å²) >= 11 is 1.63. The molecular weight excluding hydrogens is 270 g/mol. The van der Waals surface area contributed by atoms with E-state index in [1.807, 2.05) is 19.9 Å². The van der Waals surface area contributed by atoms with Crippen molar-refractivity contribution in [1.82, 2.24) is 5.32 Å². The minimum Gasteiger partial charge on any atom is -0.356 e. The molecule has 0 saturated heterocycles. The smallest absolute Gasteiger partial charge is 0.220 e. The van der Waals surface area contributed by atoms with Gasteiger partial charge < -0.3 is 5.32 Å². The summed E-state index contributed by atoms with van der Waals surface area (Å²) < 4.78 is 0. The number of amides is 1. The maximum absolute atomic E-state index is 12.0. The fourth-order valence-electron chi connectivity index (χ4n) is 2.14. The predicted molar refractivity (Wildman–Crippen MR) is 84.5 cm³/mol. The fourth-order valence-corrected chi connectivity index (χ4v) is 3.08. The number of rotatable bonds is 9. The molecule has 3 nitrogen and oxygen atoms in total. The lowest BCUT2D eigenvalue weighted by atomic mass is 10.1. The monoisotopic (exact) mass is 295 g/mol. The van der Waals surface area contributed by atoms with Crippen molar-refractivity contribution in [2.24, 2.45) is 0 Å². The van der Waals surface area contributed by atoms with Gasteiger partial charge in [0.25, 0.3) is 0 Å². The molecule has 0 aromatic carbocycles. The van der Waals surface area contributed by atoms with Crippen LogP contribution in [0.15, 0.2) is 6.07 Å². The molecule has 112 valence electrons. The van der Waals surface area contributed by atoms with E-state index < -0.39 is 0 Å². The van der Waals surface area contributed by atoms with Crippen molar-refractivity contribution >= 4 is 23.0 Å². The first-order valence-electron chi connectivity index (χ1n) is 7.41. The molecule has 1 aromatic heterocycles. The highest BCUT2D eigenvalue weighted by Crippen LogP contribution is 2.22. The van der Waals surface area contributed by atoms with Gasteiger partial charge in [0.15, 0.2) is 5.78 Å². The van der Waals surface area contributed by atoms with Gasteiger partial charge in [0, 0.05) is 34.7 Å². The van der Waals surface area contributed by atoms with Gasteiger partial charge in [0.2, 0.25) is 5.91 Å². The third-order valence-corrected chi connectivity index (χ3v) is 4.24. The molecule has 0 aliphatic heterocycles. The normalized spacial score (nSPS) is 10.6. The van der Waals surface area contributed by atoms with Gasteiger partial charge in [-0.05, 0) is 26.3 Å². The summed E-state index contributed by atoms with van der Waals surface area (Å²) in [5.41, 5.74) is 0.781. The Morgan fingerprint density at radius 2 is 1.90 bits per heavy atom. The number of nitrogens with one attached hydrogen (secondary N) is 1. The highest BCUT2D eigenvalue weighted by Gasteiger charge is 2.13. The van der Waals surface area contributed by atoms with Crippen molar-refractivity contribution in [2.75, 3.05) is 6.54 Å². The quantitative estimate of drug-likeness (QED) is 0.552. The van der Waals surface area contributed by atoms with Crippen LogP contribution in [0.3, 0.4) is 0 Å². The summed E-state index contributed by atoms with van der Waals surface area (Å²) in [6.45, 7) is 6.85. The highest BCUT2D eigenvalue weighted by atomic mass is 32.1. The number of unbranched alkanes of at least 4 members (excludes halogenated alkanes) is 3. The Morgan fingerprint density at radius 1 is 1.15 bits per heavy atom. The highest BCUT2D eigenvalue weighted by molar-refractivity contribution is 7.12. The van der Waals surface area contributed by atoms with Crippen LogP contribution in [0.25, 0.3) is 0 Å². The van der Waals surface area contributed by atoms with Crippen molar-refractivity contribution in [3.63, 3.8) is 0 Å². The SMILES string of the molecule is CCCCCCNC(=O)CCC(=O)c1cc(C)sc1C. The molecule has 0 atom stereocenters. The third-order valence-electron chi connectivity index (χ3n) is 3.27. The Labute approximate surface area is 125 Å². The van der Waals surface area contributed by atoms with Crippen LogP contribution in [0.4, 0.5) is 0 Å². The molecule has 1 amide bonds. The molecule has 0 aliphatic rings. The Kier molecular flexibility index (Phi) is 7.52. The van der Waals surface area contributed by atoms with Crippen LogP contribution < -0.4 is 5.32 Å². The van der Waals surface area contributed by atoms with E-state index in [4.69, 9.17) is 0 Å². The molecule has 0 fully saturated rings. The largest absolute Gasteiger partial charge is 0.356 e. The molecular formula is C16H25NO2S. The van der Waals surface area contributed by atoms with Crippen LogP contribution in [-0.2, 0) is 4.79 Å². The topological polar surface area (TPSA) is 46.2 Å². The van der Waals surface area contributed by atoms with Gasteiger partial charge in [-0.2, -0.15) is 0 Å². The maximum Gasteiger partial charge on any atom is 0.220 e. The summed E-state index contributed by atoms with van der Waals surface area (Å²) in [5, 5.41) is 2.88. The van der Waals surface area contributed by atoms with Gasteiger partial charge in [0.1, 0.15) is 0 Å². The molecule has 20 heavy (non-hydrogen) atoms. The van der Waals surface area contributed by atoms with Gasteiger partial charge in [-0.3, -0.25) is 9.59 Å². The molecule has 0 radical (unpaired) electrons. The maximum atomic E-state index is 12.0. The van der Waals surface area contributed by atoms with E-state index in [1.165, 1.54) is 12.8 Å². The molecule has 0 unspecified atom stereocenters. The number of ketones is 1. The minimum absolute atomic E-state index is 0.0144. The minimum atomic E-state index is -0.0144. The zero-order chi connectivity index (χ0) is 15.0. The van der Waals surface area contributed by atoms with Crippen LogP contribution in [-0.4, -0.2) is 18.2 Å². The fraction of sp³-hybridized carbons (Fsp3) is 0.625. The number of hydrogen-bond acceptors (Lipinski definition) is 3. The van der Waals surface area contributed by atoms with Gasteiger partial charge >= 0.3 is 0 Å². The average Bonchev–Trinajstić information content (AvgIpc) is 2.75. The van der Waals surface area contributed by atoms with Crippen molar-refractivity contribution in [3.05, 3.63) is 21.4 Å². The van der Waals surface area contributed by atoms with E-state index in [0.29, 0.717) is 12.8 Å². The summed E-state index contributed by atoms with van der Waals surface area (Å²) in [4.78, 5) is 25.9. The van der Waals surface area contributed by atoms with Crippen molar-refractivity contribution in [1.29, 1.82) is 0 Å². The van der Waals surface area contributed by atoms with Gasteiger partial charge in [0.05, 0.1) is 0 Å². The Morgan fingerprint density at radius 3 is 2.50 bits per heavy atom. The number of carbonyl (C=O) groups excluding carboxylic acids is 2. The Bertz CT molecular complexity index is 451. The van der Waals surface area contributed by atoms with Gasteiger partial charge in [-0.1, -0.05) is 26.2 Å². The van der Waals surface area contributed by atoms with E-state index in [1.54, 1.807) is 11.3 Å². The zero-order valence-electron chi connectivity index (χ0n) is 12.8. The lowest BCUT2D eigenvalue weighted by Crippen LogP contribution is -2.24. The number of Topliss-reactive ketones (excluding diaryl/α,β-unsaturated/α-hetero) is 1. The lowest BCUT2D eigenvalue weighted by Gasteiger charge is -2.04. The van der Waals surface area contributed by atoms with Crippen molar-refractivity contribution < 1.29 is 9.59 Å². The van der Waals surface area contributed by atoms with Crippen molar-refractivity contribution in [2.45, 2.75) is 59.3 Å². The van der Waals surface area contributed by atoms with Crippen LogP contribution >= 0.6 is 11.3 Å². The van der Waals surface area contributed by atoms with E-state index in [9.17, 15) is 9.59 Å². The molecule has 0 bridgehead atoms. The molecule has 4 heteroatoms. The Balaban J connectivity index is 2.24. The molecule has 1 N–H and O–H groups in total. The molecule has 1 aromatic rings. The molecule has 1 rings (SSSR count). The number of hydrogen-bond donors (Lipinski definition) is 1. The lowest BCUT2D eigenvalue weighted by molar-refractivity contribution is -0.121. The second kappa shape index (κ2) is 8.90. The zero-order valence-corrected chi connectivity index (χ0v) is 13.6. The second-order valence-electron chi connectivity index (χ2n) is 5.16. The van der Waals surface area contributed by atoms with E-state index in [2.05, 4.69) is 12.2 Å². The average molecular weight is 295 g/mol. The van der Waals surface area contributed by atoms with Gasteiger partial charge in [-0.15, -0.1) is 11.3 Å². The summed E-state index contributed by atoms with van der Waals surface area (Å²) in [5.74, 6) is 0.0624. The standard InChI is InChI=1S/C16H25NO2S/c1-4-5-6-7-10-17-16(19)9-8-15(18)14-11-12(2)20-13(14)3/h11H,4-10H2,1-3H3,(H,17,19). The third kappa shape index (κ3) is 5.87. The van der Waals surface area contributed by atoms with E-state index in [-0.39, 0.29) is 11.7 Å². The second-order valence-corrected chi connectivity index (χ2v) is 6.62. The number of aryl methyl sites for hydroxylation is 2. The summed E-state index contributed by atoms with van der Waals surface area (Å²) in [6, 6.07) is 1.92. The number of thiophene rings is 1. The first kappa shape index (κ1) is 16.9. The molecule has 0 spiro atoms. The molecule has 0 saturated carbocycles. The van der Waals surface area contributed by atoms with Crippen LogP contribution in [0.1, 0.15) is 65.6 Å². The first-order valence-corrected chi connectivity index (χ1v) is 8.23. The van der Waals surface area contributed by atoms with Crippen LogP contribution in [0, 0.1) is 13.8 Å². The first-order chi connectivity index (χ1) is 9.54. The van der Waals surface area contributed by atoms with E-state index in [0.717, 1.165) is 34.7 Å². The summed E-state index contributed by atoms with van der Waals surface area (Å²) in [7, 11) is 0. The van der Waals surface area contributed by atoms with E-state index >= 15 is 0 Å². The van der Waals surface area contributed by atoms with Gasteiger partial charge in [-0.25, -0.2) is 0 Å². The summed E-state index contributed by atoms with van der Waals surface area (Å²) in [6.07, 6.45) is 5.19. The molecule has 0 aliphatic carbocycles. The van der Waals surface area contributed by atoms with Crippen molar-refractivity contribution in [3.8, 4) is 0 Å². The number of carbonyl (C=O) groups is 2. The van der Waals surface area contributed by atoms with Crippen LogP contribution in [0.5, 0.6) is 0 Å². The predicted octanol–water partition coefficient (Wildman–Crippen LogP) is 4.02. The molecule has 1 heterocycles. The van der Waals surface area contributed by atoms with Crippen LogP contribution in [0.2, 0.25) is 0 Å².